The van der Waals surface area contributed by atoms with Gasteiger partial charge in [0.1, 0.15) is 5.75 Å². The minimum absolute atomic E-state index is 0.701. The Kier molecular flexibility index (Phi) is 3.82. The van der Waals surface area contributed by atoms with Gasteiger partial charge in [0.2, 0.25) is 0 Å². The third kappa shape index (κ3) is 2.11. The van der Waals surface area contributed by atoms with Crippen LogP contribution in [0.5, 0.6) is 5.75 Å². The van der Waals surface area contributed by atoms with Gasteiger partial charge in [0, 0.05) is 0 Å². The normalized spacial score (nSPS) is 9.92. The highest BCUT2D eigenvalue weighted by molar-refractivity contribution is 8.68. The second-order valence-corrected chi connectivity index (χ2v) is 3.60. The fourth-order valence-electron chi connectivity index (χ4n) is 1.03. The van der Waals surface area contributed by atoms with Crippen LogP contribution in [0.25, 0.3) is 0 Å². The summed E-state index contributed by atoms with van der Waals surface area (Å²) in [6.07, 6.45) is 0. The maximum Gasteiger partial charge on any atom is 0.136 e. The Morgan fingerprint density at radius 2 is 2.25 bits per heavy atom. The number of aryl methyl sites for hydroxylation is 1. The largest absolute Gasteiger partial charge is 0.492 e. The predicted octanol–water partition coefficient (Wildman–Crippen LogP) is 3.33. The summed E-state index contributed by atoms with van der Waals surface area (Å²) in [5, 5.41) is 0. The molecule has 0 atom stereocenters. The number of rotatable bonds is 3. The van der Waals surface area contributed by atoms with Gasteiger partial charge in [0.05, 0.1) is 11.5 Å². The lowest BCUT2D eigenvalue weighted by Crippen LogP contribution is -1.94. The van der Waals surface area contributed by atoms with Crippen molar-refractivity contribution in [2.75, 3.05) is 6.61 Å². The summed E-state index contributed by atoms with van der Waals surface area (Å²) in [5.41, 5.74) is 1.16. The van der Waals surface area contributed by atoms with Crippen molar-refractivity contribution in [2.24, 2.45) is 0 Å². The molecule has 0 fully saturated rings. The third-order valence-electron chi connectivity index (χ3n) is 1.56. The Balaban J connectivity index is 3.02. The van der Waals surface area contributed by atoms with Gasteiger partial charge >= 0.3 is 0 Å². The van der Waals surface area contributed by atoms with Gasteiger partial charge in [0.15, 0.2) is 0 Å². The van der Waals surface area contributed by atoms with Crippen LogP contribution in [0, 0.1) is 6.92 Å². The summed E-state index contributed by atoms with van der Waals surface area (Å²) < 4.78 is 5.49. The van der Waals surface area contributed by atoms with E-state index in [0.717, 1.165) is 16.2 Å². The van der Waals surface area contributed by atoms with Crippen LogP contribution < -0.4 is 4.74 Å². The molecule has 0 saturated heterocycles. The fourth-order valence-corrected chi connectivity index (χ4v) is 1.90. The number of hydrogen-bond acceptors (Lipinski definition) is 3. The predicted molar refractivity (Wildman–Crippen MR) is 57.2 cm³/mol. The molecule has 0 amide bonds. The molecule has 66 valence electrons. The van der Waals surface area contributed by atoms with Crippen molar-refractivity contribution < 1.29 is 4.74 Å². The van der Waals surface area contributed by atoms with Crippen LogP contribution in [0.4, 0.5) is 0 Å². The smallest absolute Gasteiger partial charge is 0.136 e. The molecule has 0 aromatic heterocycles. The summed E-state index contributed by atoms with van der Waals surface area (Å²) in [5.74, 6) is 0.958. The number of para-hydroxylation sites is 1. The van der Waals surface area contributed by atoms with Crippen LogP contribution in [-0.4, -0.2) is 6.61 Å². The number of ether oxygens (including phenoxy) is 1. The van der Waals surface area contributed by atoms with Gasteiger partial charge in [-0.1, -0.05) is 22.9 Å². The van der Waals surface area contributed by atoms with Crippen LogP contribution in [0.1, 0.15) is 12.5 Å². The van der Waals surface area contributed by atoms with Gasteiger partial charge in [-0.2, -0.15) is 0 Å². The first-order valence-electron chi connectivity index (χ1n) is 3.83. The Morgan fingerprint density at radius 1 is 1.50 bits per heavy atom. The molecule has 1 aromatic rings. The van der Waals surface area contributed by atoms with Crippen LogP contribution >= 0.6 is 22.5 Å². The first-order valence-corrected chi connectivity index (χ1v) is 5.70. The quantitative estimate of drug-likeness (QED) is 0.592. The third-order valence-corrected chi connectivity index (χ3v) is 2.67. The first-order chi connectivity index (χ1) is 5.79. The molecule has 1 rings (SSSR count). The highest BCUT2D eigenvalue weighted by atomic mass is 33.1. The van der Waals surface area contributed by atoms with Crippen molar-refractivity contribution in [3.8, 4) is 5.75 Å². The lowest BCUT2D eigenvalue weighted by atomic mass is 10.2. The Bertz CT molecular complexity index is 261. The van der Waals surface area contributed by atoms with Gasteiger partial charge < -0.3 is 4.74 Å². The molecule has 0 bridgehead atoms. The van der Waals surface area contributed by atoms with E-state index in [1.807, 2.05) is 32.0 Å². The van der Waals surface area contributed by atoms with E-state index in [9.17, 15) is 0 Å². The van der Waals surface area contributed by atoms with Gasteiger partial charge in [-0.3, -0.25) is 0 Å². The standard InChI is InChI=1S/C9H12OS2/c1-3-10-9-7(2)5-4-6-8(9)12-11/h4-6,11H,3H2,1-2H3. The van der Waals surface area contributed by atoms with Crippen molar-refractivity contribution in [1.29, 1.82) is 0 Å². The van der Waals surface area contributed by atoms with E-state index in [1.165, 1.54) is 10.8 Å². The summed E-state index contributed by atoms with van der Waals surface area (Å²) in [6.45, 7) is 4.73. The number of thiol groups is 1. The van der Waals surface area contributed by atoms with Crippen molar-refractivity contribution in [3.63, 3.8) is 0 Å². The van der Waals surface area contributed by atoms with E-state index >= 15 is 0 Å². The zero-order chi connectivity index (χ0) is 8.97. The van der Waals surface area contributed by atoms with Gasteiger partial charge in [-0.25, -0.2) is 0 Å². The molecule has 3 heteroatoms. The molecule has 0 aliphatic heterocycles. The summed E-state index contributed by atoms with van der Waals surface area (Å²) in [6, 6.07) is 6.06. The molecule has 12 heavy (non-hydrogen) atoms. The van der Waals surface area contributed by atoms with Crippen LogP contribution in [-0.2, 0) is 0 Å². The lowest BCUT2D eigenvalue weighted by Gasteiger charge is -2.09. The minimum Gasteiger partial charge on any atom is -0.492 e. The maximum atomic E-state index is 5.49. The second kappa shape index (κ2) is 4.67. The second-order valence-electron chi connectivity index (χ2n) is 2.43. The van der Waals surface area contributed by atoms with Crippen molar-refractivity contribution in [2.45, 2.75) is 18.7 Å². The maximum absolute atomic E-state index is 5.49. The molecule has 0 saturated carbocycles. The topological polar surface area (TPSA) is 9.23 Å². The molecule has 0 N–H and O–H groups in total. The highest BCUT2D eigenvalue weighted by Gasteiger charge is 2.04. The molecule has 0 heterocycles. The monoisotopic (exact) mass is 200 g/mol. The average Bonchev–Trinajstić information content (AvgIpc) is 2.09. The molecule has 0 unspecified atom stereocenters. The summed E-state index contributed by atoms with van der Waals surface area (Å²) >= 11 is 4.16. The minimum atomic E-state index is 0.701. The molecular formula is C9H12OS2. The van der Waals surface area contributed by atoms with Crippen LogP contribution in [0.15, 0.2) is 23.1 Å². The van der Waals surface area contributed by atoms with Crippen LogP contribution in [0.2, 0.25) is 0 Å². The summed E-state index contributed by atoms with van der Waals surface area (Å²) in [7, 11) is 1.42. The molecule has 1 nitrogen and oxygen atoms in total. The average molecular weight is 200 g/mol. The van der Waals surface area contributed by atoms with E-state index in [1.54, 1.807) is 0 Å². The van der Waals surface area contributed by atoms with Crippen molar-refractivity contribution in [1.82, 2.24) is 0 Å². The van der Waals surface area contributed by atoms with Crippen molar-refractivity contribution in [3.05, 3.63) is 23.8 Å². The molecular weight excluding hydrogens is 188 g/mol. The van der Waals surface area contributed by atoms with E-state index in [0.29, 0.717) is 6.61 Å². The van der Waals surface area contributed by atoms with E-state index in [2.05, 4.69) is 11.7 Å². The van der Waals surface area contributed by atoms with E-state index in [4.69, 9.17) is 4.74 Å². The highest BCUT2D eigenvalue weighted by Crippen LogP contribution is 2.33. The number of hydrogen-bond donors (Lipinski definition) is 1. The van der Waals surface area contributed by atoms with E-state index in [-0.39, 0.29) is 0 Å². The molecule has 1 aromatic carbocycles. The lowest BCUT2D eigenvalue weighted by molar-refractivity contribution is 0.330. The zero-order valence-electron chi connectivity index (χ0n) is 7.20. The Morgan fingerprint density at radius 3 is 2.83 bits per heavy atom. The molecule has 0 aliphatic rings. The van der Waals surface area contributed by atoms with E-state index < -0.39 is 0 Å². The zero-order valence-corrected chi connectivity index (χ0v) is 8.91. The van der Waals surface area contributed by atoms with Gasteiger partial charge in [-0.15, -0.1) is 11.7 Å². The van der Waals surface area contributed by atoms with Gasteiger partial charge in [-0.05, 0) is 25.5 Å². The van der Waals surface area contributed by atoms with Crippen LogP contribution in [0.3, 0.4) is 0 Å². The van der Waals surface area contributed by atoms with Crippen molar-refractivity contribution >= 4 is 22.5 Å². The molecule has 0 aliphatic carbocycles. The Hall–Kier alpha value is -0.280. The van der Waals surface area contributed by atoms with Gasteiger partial charge in [0.25, 0.3) is 0 Å². The molecule has 0 radical (unpaired) electrons. The fraction of sp³-hybridized carbons (Fsp3) is 0.333. The Labute approximate surface area is 82.3 Å². The first kappa shape index (κ1) is 9.81. The molecule has 0 spiro atoms. The number of benzene rings is 1. The summed E-state index contributed by atoms with van der Waals surface area (Å²) in [4.78, 5) is 1.08. The SMILES string of the molecule is CCOc1c(C)cccc1SS.